The van der Waals surface area contributed by atoms with Crippen molar-refractivity contribution in [1.29, 1.82) is 0 Å². The number of benzene rings is 1. The summed E-state index contributed by atoms with van der Waals surface area (Å²) in [4.78, 5) is 16.4. The second-order valence-corrected chi connectivity index (χ2v) is 5.67. The summed E-state index contributed by atoms with van der Waals surface area (Å²) in [6, 6.07) is 3.60. The van der Waals surface area contributed by atoms with E-state index in [-0.39, 0.29) is 12.3 Å². The van der Waals surface area contributed by atoms with E-state index in [0.717, 1.165) is 16.3 Å². The van der Waals surface area contributed by atoms with Crippen molar-refractivity contribution in [2.24, 2.45) is 0 Å². The number of nitrogens with zero attached hydrogens (tertiary/aromatic N) is 1. The number of thiazole rings is 1. The molecule has 6 heteroatoms. The highest BCUT2D eigenvalue weighted by Gasteiger charge is 2.12. The predicted molar refractivity (Wildman–Crippen MR) is 83.5 cm³/mol. The number of hydrogen-bond acceptors (Lipinski definition) is 5. The number of aryl methyl sites for hydroxylation is 2. The number of ether oxygens (including phenoxy) is 2. The average molecular weight is 306 g/mol. The van der Waals surface area contributed by atoms with Gasteiger partial charge in [-0.3, -0.25) is 4.79 Å². The second kappa shape index (κ2) is 6.58. The molecule has 2 rings (SSSR count). The van der Waals surface area contributed by atoms with Crippen LogP contribution in [0.2, 0.25) is 0 Å². The van der Waals surface area contributed by atoms with Gasteiger partial charge in [0.2, 0.25) is 5.91 Å². The third kappa shape index (κ3) is 3.72. The number of anilines is 1. The van der Waals surface area contributed by atoms with Gasteiger partial charge in [0.25, 0.3) is 0 Å². The number of rotatable bonds is 5. The molecule has 1 heterocycles. The summed E-state index contributed by atoms with van der Waals surface area (Å²) in [5.74, 6) is 1.13. The minimum Gasteiger partial charge on any atom is -0.493 e. The fourth-order valence-corrected chi connectivity index (χ4v) is 2.58. The molecule has 0 saturated carbocycles. The normalized spacial score (nSPS) is 10.3. The lowest BCUT2D eigenvalue weighted by molar-refractivity contribution is -0.115. The van der Waals surface area contributed by atoms with E-state index in [1.807, 2.05) is 25.3 Å². The molecule has 0 unspecified atom stereocenters. The first kappa shape index (κ1) is 15.3. The van der Waals surface area contributed by atoms with E-state index in [1.54, 1.807) is 20.3 Å². The number of nitrogens with one attached hydrogen (secondary N) is 1. The molecule has 0 bridgehead atoms. The number of carbonyl (C=O) groups is 1. The number of aromatic nitrogens is 1. The van der Waals surface area contributed by atoms with E-state index in [4.69, 9.17) is 9.47 Å². The monoisotopic (exact) mass is 306 g/mol. The quantitative estimate of drug-likeness (QED) is 0.922. The molecule has 1 aromatic carbocycles. The molecule has 0 aliphatic rings. The number of hydrogen-bond donors (Lipinski definition) is 1. The molecule has 0 atom stereocenters. The number of methoxy groups -OCH3 is 2. The van der Waals surface area contributed by atoms with Crippen LogP contribution in [0.1, 0.15) is 16.3 Å². The van der Waals surface area contributed by atoms with E-state index in [2.05, 4.69) is 10.3 Å². The van der Waals surface area contributed by atoms with Gasteiger partial charge in [-0.25, -0.2) is 4.98 Å². The Bertz CT molecular complexity index is 652. The van der Waals surface area contributed by atoms with E-state index in [0.29, 0.717) is 17.2 Å². The van der Waals surface area contributed by atoms with Gasteiger partial charge in [0, 0.05) is 17.1 Å². The zero-order valence-electron chi connectivity index (χ0n) is 12.5. The maximum absolute atomic E-state index is 12.1. The molecule has 2 aromatic rings. The maximum atomic E-state index is 12.1. The molecule has 1 aromatic heterocycles. The first-order valence-corrected chi connectivity index (χ1v) is 7.35. The highest BCUT2D eigenvalue weighted by molar-refractivity contribution is 7.09. The molecule has 112 valence electrons. The largest absolute Gasteiger partial charge is 0.493 e. The topological polar surface area (TPSA) is 60.5 Å². The van der Waals surface area contributed by atoms with Crippen molar-refractivity contribution >= 4 is 22.9 Å². The van der Waals surface area contributed by atoms with E-state index >= 15 is 0 Å². The van der Waals surface area contributed by atoms with Crippen LogP contribution in [-0.4, -0.2) is 25.1 Å². The summed E-state index contributed by atoms with van der Waals surface area (Å²) in [5.41, 5.74) is 2.41. The summed E-state index contributed by atoms with van der Waals surface area (Å²) >= 11 is 1.54. The molecule has 0 aliphatic heterocycles. The Kier molecular flexibility index (Phi) is 4.80. The van der Waals surface area contributed by atoms with Crippen molar-refractivity contribution in [3.8, 4) is 11.5 Å². The third-order valence-corrected chi connectivity index (χ3v) is 3.84. The van der Waals surface area contributed by atoms with Crippen molar-refractivity contribution in [2.75, 3.05) is 19.5 Å². The Balaban J connectivity index is 2.13. The molecule has 0 saturated heterocycles. The molecule has 21 heavy (non-hydrogen) atoms. The third-order valence-electron chi connectivity index (χ3n) is 3.01. The first-order valence-electron chi connectivity index (χ1n) is 6.47. The first-order chi connectivity index (χ1) is 10.0. The Morgan fingerprint density at radius 1 is 1.24 bits per heavy atom. The van der Waals surface area contributed by atoms with E-state index < -0.39 is 0 Å². The summed E-state index contributed by atoms with van der Waals surface area (Å²) < 4.78 is 10.5. The van der Waals surface area contributed by atoms with Crippen LogP contribution in [0.5, 0.6) is 11.5 Å². The van der Waals surface area contributed by atoms with E-state index in [1.165, 1.54) is 11.3 Å². The molecule has 1 N–H and O–H groups in total. The van der Waals surface area contributed by atoms with E-state index in [9.17, 15) is 4.79 Å². The predicted octanol–water partition coefficient (Wildman–Crippen LogP) is 2.96. The fourth-order valence-electron chi connectivity index (χ4n) is 1.96. The van der Waals surface area contributed by atoms with Crippen LogP contribution in [0.3, 0.4) is 0 Å². The molecule has 1 amide bonds. The summed E-state index contributed by atoms with van der Waals surface area (Å²) in [5, 5.41) is 5.74. The number of carbonyl (C=O) groups excluding carboxylic acids is 1. The standard InChI is InChI=1S/C15H18N2O3S/c1-9-5-13(19-3)14(20-4)7-12(9)17-15(18)6-11-8-21-10(2)16-11/h5,7-8H,6H2,1-4H3,(H,17,18). The van der Waals surface area contributed by atoms with Crippen LogP contribution in [0.15, 0.2) is 17.5 Å². The highest BCUT2D eigenvalue weighted by Crippen LogP contribution is 2.32. The lowest BCUT2D eigenvalue weighted by Gasteiger charge is -2.13. The molecule has 0 aliphatic carbocycles. The molecule has 5 nitrogen and oxygen atoms in total. The van der Waals surface area contributed by atoms with Gasteiger partial charge in [0.1, 0.15) is 0 Å². The van der Waals surface area contributed by atoms with Crippen LogP contribution in [0.4, 0.5) is 5.69 Å². The van der Waals surface area contributed by atoms with Crippen molar-refractivity contribution < 1.29 is 14.3 Å². The fraction of sp³-hybridized carbons (Fsp3) is 0.333. The van der Waals surface area contributed by atoms with Gasteiger partial charge < -0.3 is 14.8 Å². The van der Waals surface area contributed by atoms with Crippen LogP contribution < -0.4 is 14.8 Å². The van der Waals surface area contributed by atoms with Crippen molar-refractivity contribution in [3.05, 3.63) is 33.8 Å². The molecule has 0 radical (unpaired) electrons. The Morgan fingerprint density at radius 2 is 1.90 bits per heavy atom. The van der Waals surface area contributed by atoms with Gasteiger partial charge in [-0.2, -0.15) is 0 Å². The summed E-state index contributed by atoms with van der Waals surface area (Å²) in [6.45, 7) is 3.83. The van der Waals surface area contributed by atoms with Crippen molar-refractivity contribution in [2.45, 2.75) is 20.3 Å². The van der Waals surface area contributed by atoms with Crippen LogP contribution >= 0.6 is 11.3 Å². The summed E-state index contributed by atoms with van der Waals surface area (Å²) in [6.07, 6.45) is 0.262. The Morgan fingerprint density at radius 3 is 2.48 bits per heavy atom. The lowest BCUT2D eigenvalue weighted by Crippen LogP contribution is -2.15. The highest BCUT2D eigenvalue weighted by atomic mass is 32.1. The minimum atomic E-state index is -0.101. The minimum absolute atomic E-state index is 0.101. The van der Waals surface area contributed by atoms with Gasteiger partial charge in [-0.05, 0) is 25.5 Å². The average Bonchev–Trinajstić information content (AvgIpc) is 2.85. The molecule has 0 fully saturated rings. The Labute approximate surface area is 127 Å². The van der Waals surface area contributed by atoms with Crippen molar-refractivity contribution in [1.82, 2.24) is 4.98 Å². The zero-order valence-corrected chi connectivity index (χ0v) is 13.3. The van der Waals surface area contributed by atoms with Gasteiger partial charge in [-0.1, -0.05) is 0 Å². The van der Waals surface area contributed by atoms with Crippen LogP contribution in [-0.2, 0) is 11.2 Å². The van der Waals surface area contributed by atoms with Gasteiger partial charge >= 0.3 is 0 Å². The van der Waals surface area contributed by atoms with Crippen molar-refractivity contribution in [3.63, 3.8) is 0 Å². The molecular formula is C15H18N2O3S. The number of amides is 1. The maximum Gasteiger partial charge on any atom is 0.230 e. The lowest BCUT2D eigenvalue weighted by atomic mass is 10.1. The smallest absolute Gasteiger partial charge is 0.230 e. The Hall–Kier alpha value is -2.08. The van der Waals surface area contributed by atoms with Crippen LogP contribution in [0.25, 0.3) is 0 Å². The second-order valence-electron chi connectivity index (χ2n) is 4.60. The van der Waals surface area contributed by atoms with Gasteiger partial charge in [0.15, 0.2) is 11.5 Å². The SMILES string of the molecule is COc1cc(C)c(NC(=O)Cc2csc(C)n2)cc1OC. The molecular weight excluding hydrogens is 288 g/mol. The van der Waals surface area contributed by atoms with Gasteiger partial charge in [-0.15, -0.1) is 11.3 Å². The van der Waals surface area contributed by atoms with Gasteiger partial charge in [0.05, 0.1) is 31.3 Å². The molecule has 0 spiro atoms. The summed E-state index contributed by atoms with van der Waals surface area (Å²) in [7, 11) is 3.15. The zero-order chi connectivity index (χ0) is 15.4. The van der Waals surface area contributed by atoms with Crippen LogP contribution in [0, 0.1) is 13.8 Å².